The van der Waals surface area contributed by atoms with E-state index in [1.54, 1.807) is 32.0 Å². The van der Waals surface area contributed by atoms with E-state index in [0.29, 0.717) is 18.4 Å². The van der Waals surface area contributed by atoms with Crippen LogP contribution in [-0.2, 0) is 24.3 Å². The van der Waals surface area contributed by atoms with Gasteiger partial charge < -0.3 is 14.4 Å². The van der Waals surface area contributed by atoms with Crippen molar-refractivity contribution < 1.29 is 18.1 Å². The van der Waals surface area contributed by atoms with Crippen molar-refractivity contribution in [3.8, 4) is 11.3 Å². The lowest BCUT2D eigenvalue weighted by atomic mass is 10.1. The number of alkyl halides is 2. The Balaban J connectivity index is 1.45. The first-order valence-corrected chi connectivity index (χ1v) is 12.6. The Bertz CT molecular complexity index is 1920. The standard InChI is InChI=1S/C26H23ClF2N8O4/c1-13-8-16(34-41-13)11-36-24(39)20-22(35(4)25(36)40)31-12-37(20)14(2)23(38)33-19-7-5-6-18(32-19)15-9-17(26(3,28)29)21(27)30-10-15/h5-10,12,14H,11H2,1-4H3,(H,32,33,38)/t14-/m0/s1. The van der Waals surface area contributed by atoms with Crippen LogP contribution in [0.25, 0.3) is 22.4 Å². The monoisotopic (exact) mass is 584 g/mol. The van der Waals surface area contributed by atoms with Gasteiger partial charge in [-0.15, -0.1) is 0 Å². The zero-order valence-electron chi connectivity index (χ0n) is 22.2. The largest absolute Gasteiger partial charge is 0.361 e. The molecule has 0 radical (unpaired) electrons. The third kappa shape index (κ3) is 5.25. The van der Waals surface area contributed by atoms with Crippen molar-refractivity contribution in [2.45, 2.75) is 39.3 Å². The number of fused-ring (bicyclic) bond motifs is 1. The van der Waals surface area contributed by atoms with Gasteiger partial charge in [0.05, 0.1) is 24.1 Å². The molecule has 5 aromatic rings. The number of aromatic nitrogens is 7. The van der Waals surface area contributed by atoms with E-state index >= 15 is 0 Å². The quantitative estimate of drug-likeness (QED) is 0.286. The van der Waals surface area contributed by atoms with E-state index < -0.39 is 34.7 Å². The second-order valence-corrected chi connectivity index (χ2v) is 9.87. The maximum atomic E-state index is 13.9. The molecule has 15 heteroatoms. The fraction of sp³-hybridized carbons (Fsp3) is 0.269. The number of rotatable bonds is 7. The lowest BCUT2D eigenvalue weighted by Gasteiger charge is -2.16. The van der Waals surface area contributed by atoms with Gasteiger partial charge in [0.15, 0.2) is 11.2 Å². The molecule has 0 bridgehead atoms. The highest BCUT2D eigenvalue weighted by atomic mass is 35.5. The molecule has 0 aliphatic carbocycles. The molecule has 1 atom stereocenters. The van der Waals surface area contributed by atoms with Crippen LogP contribution in [0.15, 0.2) is 57.0 Å². The molecule has 5 rings (SSSR count). The molecular formula is C26H23ClF2N8O4. The molecular weight excluding hydrogens is 562 g/mol. The summed E-state index contributed by atoms with van der Waals surface area (Å²) in [7, 11) is 1.47. The molecule has 1 amide bonds. The van der Waals surface area contributed by atoms with E-state index in [1.807, 2.05) is 0 Å². The van der Waals surface area contributed by atoms with Crippen molar-refractivity contribution in [3.05, 3.63) is 85.9 Å². The topological polar surface area (TPSA) is 143 Å². The number of amides is 1. The Morgan fingerprint density at radius 3 is 2.66 bits per heavy atom. The Hall–Kier alpha value is -4.72. The number of hydrogen-bond donors (Lipinski definition) is 1. The van der Waals surface area contributed by atoms with Crippen LogP contribution in [0.3, 0.4) is 0 Å². The summed E-state index contributed by atoms with van der Waals surface area (Å²) in [5.74, 6) is -3.11. The van der Waals surface area contributed by atoms with Crippen molar-refractivity contribution in [1.29, 1.82) is 0 Å². The Labute approximate surface area is 235 Å². The fourth-order valence-corrected chi connectivity index (χ4v) is 4.56. The minimum absolute atomic E-state index is 0.0388. The van der Waals surface area contributed by atoms with Crippen LogP contribution in [0.5, 0.6) is 0 Å². The first-order chi connectivity index (χ1) is 19.3. The summed E-state index contributed by atoms with van der Waals surface area (Å²) in [6.07, 6.45) is 2.61. The number of anilines is 1. The summed E-state index contributed by atoms with van der Waals surface area (Å²) in [5, 5.41) is 6.20. The summed E-state index contributed by atoms with van der Waals surface area (Å²) in [6, 6.07) is 6.53. The maximum Gasteiger partial charge on any atom is 0.332 e. The van der Waals surface area contributed by atoms with E-state index in [9.17, 15) is 23.2 Å². The number of carbonyl (C=O) groups is 1. The van der Waals surface area contributed by atoms with Gasteiger partial charge in [0.25, 0.3) is 11.5 Å². The molecule has 0 fully saturated rings. The summed E-state index contributed by atoms with van der Waals surface area (Å²) in [5.41, 5.74) is -0.629. The molecule has 0 saturated carbocycles. The van der Waals surface area contributed by atoms with Gasteiger partial charge in [0, 0.05) is 31.8 Å². The van der Waals surface area contributed by atoms with Crippen molar-refractivity contribution >= 4 is 34.5 Å². The second-order valence-electron chi connectivity index (χ2n) is 9.51. The number of nitrogens with zero attached hydrogens (tertiary/aromatic N) is 7. The zero-order chi connectivity index (χ0) is 29.6. The van der Waals surface area contributed by atoms with Crippen LogP contribution in [0, 0.1) is 6.92 Å². The number of hydrogen-bond acceptors (Lipinski definition) is 8. The van der Waals surface area contributed by atoms with Crippen LogP contribution in [-0.4, -0.2) is 39.7 Å². The average Bonchev–Trinajstić information content (AvgIpc) is 3.55. The van der Waals surface area contributed by atoms with Gasteiger partial charge in [-0.2, -0.15) is 0 Å². The van der Waals surface area contributed by atoms with Gasteiger partial charge in [-0.25, -0.2) is 28.5 Å². The lowest BCUT2D eigenvalue weighted by Crippen LogP contribution is -2.40. The molecule has 12 nitrogen and oxygen atoms in total. The molecule has 1 N–H and O–H groups in total. The Morgan fingerprint density at radius 1 is 1.22 bits per heavy atom. The van der Waals surface area contributed by atoms with Gasteiger partial charge in [-0.05, 0) is 32.0 Å². The predicted molar refractivity (Wildman–Crippen MR) is 145 cm³/mol. The number of aryl methyl sites for hydroxylation is 2. The Kier molecular flexibility index (Phi) is 7.03. The van der Waals surface area contributed by atoms with E-state index in [0.717, 1.165) is 4.57 Å². The van der Waals surface area contributed by atoms with Crippen LogP contribution in [0.1, 0.15) is 36.9 Å². The molecule has 0 aromatic carbocycles. The lowest BCUT2D eigenvalue weighted by molar-refractivity contribution is -0.118. The summed E-state index contributed by atoms with van der Waals surface area (Å²) in [4.78, 5) is 52.0. The van der Waals surface area contributed by atoms with Crippen LogP contribution in [0.2, 0.25) is 5.15 Å². The number of imidazole rings is 1. The minimum atomic E-state index is -3.22. The van der Waals surface area contributed by atoms with Gasteiger partial charge in [0.1, 0.15) is 28.5 Å². The minimum Gasteiger partial charge on any atom is -0.361 e. The van der Waals surface area contributed by atoms with Crippen molar-refractivity contribution in [2.24, 2.45) is 7.05 Å². The van der Waals surface area contributed by atoms with Crippen molar-refractivity contribution in [2.75, 3.05) is 5.32 Å². The first-order valence-electron chi connectivity index (χ1n) is 12.3. The van der Waals surface area contributed by atoms with Crippen LogP contribution < -0.4 is 16.6 Å². The van der Waals surface area contributed by atoms with E-state index in [4.69, 9.17) is 16.1 Å². The second kappa shape index (κ2) is 10.4. The van der Waals surface area contributed by atoms with E-state index in [1.165, 1.54) is 40.8 Å². The van der Waals surface area contributed by atoms with Crippen LogP contribution >= 0.6 is 11.6 Å². The fourth-order valence-electron chi connectivity index (χ4n) is 4.29. The number of nitrogens with one attached hydrogen (secondary N) is 1. The van der Waals surface area contributed by atoms with Gasteiger partial charge in [0.2, 0.25) is 5.91 Å². The summed E-state index contributed by atoms with van der Waals surface area (Å²) in [6.45, 7) is 3.82. The summed E-state index contributed by atoms with van der Waals surface area (Å²) >= 11 is 5.85. The van der Waals surface area contributed by atoms with Crippen molar-refractivity contribution in [1.82, 2.24) is 33.8 Å². The molecule has 5 aromatic heterocycles. The highest BCUT2D eigenvalue weighted by Gasteiger charge is 2.29. The normalized spacial score (nSPS) is 12.6. The van der Waals surface area contributed by atoms with Gasteiger partial charge >= 0.3 is 5.69 Å². The molecule has 0 aliphatic heterocycles. The maximum absolute atomic E-state index is 13.9. The van der Waals surface area contributed by atoms with Gasteiger partial charge in [-0.1, -0.05) is 22.8 Å². The summed E-state index contributed by atoms with van der Waals surface area (Å²) < 4.78 is 36.5. The molecule has 0 saturated heterocycles. The average molecular weight is 585 g/mol. The molecule has 0 unspecified atom stereocenters. The highest BCUT2D eigenvalue weighted by molar-refractivity contribution is 6.30. The zero-order valence-corrected chi connectivity index (χ0v) is 23.0. The van der Waals surface area contributed by atoms with Crippen LogP contribution in [0.4, 0.5) is 14.6 Å². The third-order valence-corrected chi connectivity index (χ3v) is 6.76. The number of pyridine rings is 2. The molecule has 0 aliphatic rings. The SMILES string of the molecule is Cc1cc(Cn2c(=O)c3c(ncn3[C@@H](C)C(=O)Nc3cccc(-c4cnc(Cl)c(C(C)(F)F)c4)n3)n(C)c2=O)no1. The molecule has 5 heterocycles. The van der Waals surface area contributed by atoms with Crippen molar-refractivity contribution in [3.63, 3.8) is 0 Å². The van der Waals surface area contributed by atoms with E-state index in [-0.39, 0.29) is 39.9 Å². The Morgan fingerprint density at radius 2 is 1.98 bits per heavy atom. The third-order valence-electron chi connectivity index (χ3n) is 6.46. The highest BCUT2D eigenvalue weighted by Crippen LogP contribution is 2.34. The van der Waals surface area contributed by atoms with Gasteiger partial charge in [-0.3, -0.25) is 18.7 Å². The number of halogens is 3. The smallest absolute Gasteiger partial charge is 0.332 e. The molecule has 212 valence electrons. The predicted octanol–water partition coefficient (Wildman–Crippen LogP) is 3.66. The number of carbonyl (C=O) groups excluding carboxylic acids is 1. The molecule has 0 spiro atoms. The molecule has 41 heavy (non-hydrogen) atoms. The van der Waals surface area contributed by atoms with E-state index in [2.05, 4.69) is 25.4 Å². The first kappa shape index (κ1) is 27.8.